The summed E-state index contributed by atoms with van der Waals surface area (Å²) in [6.07, 6.45) is 3.38. The Balaban J connectivity index is 0.000000194. The van der Waals surface area contributed by atoms with E-state index >= 15 is 0 Å². The number of amides is 5. The van der Waals surface area contributed by atoms with Gasteiger partial charge in [0.2, 0.25) is 0 Å². The number of piperazine rings is 2. The monoisotopic (exact) mass is 1360 g/mol. The summed E-state index contributed by atoms with van der Waals surface area (Å²) in [4.78, 5) is 82.0. The maximum atomic E-state index is 12.3. The number of aromatic nitrogens is 3. The molecule has 0 radical (unpaired) electrons. The van der Waals surface area contributed by atoms with Gasteiger partial charge in [-0.2, -0.15) is 0 Å². The van der Waals surface area contributed by atoms with E-state index < -0.39 is 11.2 Å². The van der Waals surface area contributed by atoms with Crippen LogP contribution in [0.4, 0.5) is 29.8 Å². The fourth-order valence-electron chi connectivity index (χ4n) is 8.55. The first-order chi connectivity index (χ1) is 42.1. The lowest BCUT2D eigenvalue weighted by atomic mass is 10.0. The Morgan fingerprint density at radius 2 is 0.876 bits per heavy atom. The second kappa shape index (κ2) is 33.8. The van der Waals surface area contributed by atoms with Crippen molar-refractivity contribution >= 4 is 68.1 Å². The zero-order chi connectivity index (χ0) is 64.7. The van der Waals surface area contributed by atoms with Crippen molar-refractivity contribution in [2.24, 2.45) is 5.92 Å². The van der Waals surface area contributed by atoms with Gasteiger partial charge in [-0.1, -0.05) is 67.6 Å². The molecule has 10 rings (SSSR count). The van der Waals surface area contributed by atoms with Gasteiger partial charge in [-0.3, -0.25) is 0 Å². The van der Waals surface area contributed by atoms with Crippen LogP contribution in [0, 0.1) is 5.92 Å². The molecule has 5 saturated heterocycles. The first kappa shape index (κ1) is 70.4. The smallest absolute Gasteiger partial charge is 0.410 e. The van der Waals surface area contributed by atoms with Crippen molar-refractivity contribution in [3.63, 3.8) is 0 Å². The first-order valence-electron chi connectivity index (χ1n) is 29.7. The van der Waals surface area contributed by atoms with Gasteiger partial charge in [0.1, 0.15) is 74.5 Å². The second-order valence-electron chi connectivity index (χ2n) is 24.5. The molecule has 3 aromatic heterocycles. The van der Waals surface area contributed by atoms with Gasteiger partial charge < -0.3 is 73.0 Å². The van der Waals surface area contributed by atoms with Gasteiger partial charge in [0.15, 0.2) is 0 Å². The third kappa shape index (κ3) is 26.2. The summed E-state index contributed by atoms with van der Waals surface area (Å²) in [6.45, 7) is 29.0. The lowest BCUT2D eigenvalue weighted by molar-refractivity contribution is -0.0226. The largest absolute Gasteiger partial charge is 0.506 e. The predicted molar refractivity (Wildman–Crippen MR) is 343 cm³/mol. The molecule has 5 aliphatic rings. The number of pyridine rings is 3. The molecule has 23 nitrogen and oxygen atoms in total. The minimum atomic E-state index is -0.503. The number of likely N-dealkylation sites (tertiary alicyclic amines) is 3. The zero-order valence-corrected chi connectivity index (χ0v) is 55.8. The molecule has 5 amide bonds. The molecule has 5 fully saturated rings. The summed E-state index contributed by atoms with van der Waals surface area (Å²) in [5.41, 5.74) is 0.664. The molecule has 0 aliphatic carbocycles. The average Bonchev–Trinajstić information content (AvgIpc) is 2.34. The highest BCUT2D eigenvalue weighted by molar-refractivity contribution is 9.10. The number of hydrogen-bond acceptors (Lipinski definition) is 18. The van der Waals surface area contributed by atoms with Gasteiger partial charge in [-0.05, 0) is 148 Å². The van der Waals surface area contributed by atoms with E-state index in [1.54, 1.807) is 49.0 Å². The third-order valence-corrected chi connectivity index (χ3v) is 14.0. The van der Waals surface area contributed by atoms with Gasteiger partial charge in [0, 0.05) is 65.4 Å². The van der Waals surface area contributed by atoms with E-state index in [0.29, 0.717) is 76.4 Å². The standard InChI is InChI=1S/C25H32N4O5.C13H17BrN2O3.C12H16N2O2.C9H17NO2.C5H4BrNO/c1-25(2,3)34-24(31)29-16-21(17-29)33-20-9-10-22(26-15-20)27-11-13-28(14-12-27)23(30)32-18-19-7-5-4-6-8-19;1-13(2,3)19-12(17)16-7-10(8-16)18-9-4-5-11(14)15-6-9;15-12(14-8-6-13-7-9-14)16-10-11-4-2-1-3-5-11;1-7-5-10(6-7)8(11)12-9(2,3)4;6-5-2-1-4(8)3-7-5/h4-10,15,21H,11-14,16-18H2,1-3H3;4-6,10H,7-8H2,1-3H3;1-5,13H,6-10H2;7H,5-6H2,1-4H3;1-3,8H. The summed E-state index contributed by atoms with van der Waals surface area (Å²) in [6, 6.07) is 30.1. The van der Waals surface area contributed by atoms with Crippen LogP contribution in [0.1, 0.15) is 80.4 Å². The number of carbonyl (C=O) groups is 5. The number of ether oxygens (including phenoxy) is 7. The van der Waals surface area contributed by atoms with E-state index in [9.17, 15) is 24.0 Å². The van der Waals surface area contributed by atoms with E-state index in [4.69, 9.17) is 38.3 Å². The summed E-state index contributed by atoms with van der Waals surface area (Å²) < 4.78 is 39.6. The molecule has 8 heterocycles. The van der Waals surface area contributed by atoms with Crippen molar-refractivity contribution in [1.29, 1.82) is 0 Å². The van der Waals surface area contributed by atoms with E-state index in [1.165, 1.54) is 6.20 Å². The summed E-state index contributed by atoms with van der Waals surface area (Å²) in [5, 5.41) is 11.9. The van der Waals surface area contributed by atoms with E-state index in [-0.39, 0.29) is 60.6 Å². The molecule has 25 heteroatoms. The molecule has 2 N–H and O–H groups in total. The predicted octanol–water partition coefficient (Wildman–Crippen LogP) is 11.0. The van der Waals surface area contributed by atoms with Gasteiger partial charge >= 0.3 is 30.5 Å². The average molecular weight is 1360 g/mol. The lowest BCUT2D eigenvalue weighted by Gasteiger charge is -2.39. The van der Waals surface area contributed by atoms with Crippen LogP contribution in [0.2, 0.25) is 0 Å². The Morgan fingerprint density at radius 1 is 0.483 bits per heavy atom. The molecular weight excluding hydrogens is 1280 g/mol. The highest BCUT2D eigenvalue weighted by atomic mass is 79.9. The van der Waals surface area contributed by atoms with Crippen molar-refractivity contribution in [1.82, 2.24) is 44.8 Å². The van der Waals surface area contributed by atoms with Crippen molar-refractivity contribution in [3.05, 3.63) is 136 Å². The summed E-state index contributed by atoms with van der Waals surface area (Å²) in [5.74, 6) is 3.04. The number of carbonyl (C=O) groups excluding carboxylic acids is 5. The van der Waals surface area contributed by atoms with Crippen LogP contribution in [0.3, 0.4) is 0 Å². The molecule has 0 saturated carbocycles. The number of rotatable bonds is 9. The van der Waals surface area contributed by atoms with Gasteiger partial charge in [0.25, 0.3) is 0 Å². The molecule has 0 bridgehead atoms. The van der Waals surface area contributed by atoms with Crippen molar-refractivity contribution < 1.29 is 62.2 Å². The number of nitrogens with one attached hydrogen (secondary N) is 1. The molecular formula is C64H86Br2N10O13. The lowest BCUT2D eigenvalue weighted by Crippen LogP contribution is -2.57. The van der Waals surface area contributed by atoms with E-state index in [2.05, 4.69) is 64.0 Å². The van der Waals surface area contributed by atoms with Crippen LogP contribution in [-0.4, -0.2) is 196 Å². The molecule has 5 aliphatic heterocycles. The molecule has 484 valence electrons. The molecule has 0 spiro atoms. The number of benzene rings is 2. The molecule has 5 aromatic rings. The van der Waals surface area contributed by atoms with Crippen LogP contribution in [0.25, 0.3) is 0 Å². The highest BCUT2D eigenvalue weighted by Gasteiger charge is 2.37. The topological polar surface area (TPSA) is 240 Å². The van der Waals surface area contributed by atoms with E-state index in [0.717, 1.165) is 65.4 Å². The fraction of sp³-hybridized carbons (Fsp3) is 0.500. The van der Waals surface area contributed by atoms with Gasteiger partial charge in [-0.25, -0.2) is 38.9 Å². The van der Waals surface area contributed by atoms with Crippen LogP contribution >= 0.6 is 31.9 Å². The number of hydrogen-bond donors (Lipinski definition) is 2. The molecule has 89 heavy (non-hydrogen) atoms. The fourth-order valence-corrected chi connectivity index (χ4v) is 9.02. The maximum absolute atomic E-state index is 12.3. The minimum absolute atomic E-state index is 0.00972. The molecule has 0 unspecified atom stereocenters. The Bertz CT molecular complexity index is 2940. The normalized spacial score (nSPS) is 16.0. The summed E-state index contributed by atoms with van der Waals surface area (Å²) >= 11 is 6.39. The Morgan fingerprint density at radius 3 is 1.24 bits per heavy atom. The zero-order valence-electron chi connectivity index (χ0n) is 52.6. The Labute approximate surface area is 539 Å². The maximum Gasteiger partial charge on any atom is 0.410 e. The van der Waals surface area contributed by atoms with Crippen molar-refractivity contribution in [2.45, 2.75) is 111 Å². The number of halogens is 2. The minimum Gasteiger partial charge on any atom is -0.506 e. The van der Waals surface area contributed by atoms with Crippen LogP contribution in [0.5, 0.6) is 17.2 Å². The Hall–Kier alpha value is -7.64. The third-order valence-electron chi connectivity index (χ3n) is 13.1. The summed E-state index contributed by atoms with van der Waals surface area (Å²) in [7, 11) is 0. The van der Waals surface area contributed by atoms with Crippen LogP contribution < -0.4 is 19.7 Å². The SMILES string of the molecule is CC(C)(C)OC(=O)N1CC(Oc2ccc(Br)nc2)C1.CC(C)(C)OC(=O)N1CC(Oc2ccc(N3CCN(C(=O)OCc4ccccc4)CC3)nc2)C1.CC1CN(C(=O)OC(C)(C)C)C1.O=C(OCc1ccccc1)N1CCNCC1.Oc1ccc(Br)nc1. The number of anilines is 1. The number of nitrogens with zero attached hydrogens (tertiary/aromatic N) is 9. The molecule has 0 atom stereocenters. The number of aromatic hydroxyl groups is 1. The van der Waals surface area contributed by atoms with Crippen LogP contribution in [-0.2, 0) is 36.9 Å². The Kier molecular flexibility index (Phi) is 26.8. The second-order valence-corrected chi connectivity index (χ2v) is 26.2. The van der Waals surface area contributed by atoms with Gasteiger partial charge in [-0.15, -0.1) is 0 Å². The van der Waals surface area contributed by atoms with Crippen molar-refractivity contribution in [3.8, 4) is 17.2 Å². The highest BCUT2D eigenvalue weighted by Crippen LogP contribution is 2.25. The molecule has 2 aromatic carbocycles. The van der Waals surface area contributed by atoms with Crippen LogP contribution in [0.15, 0.2) is 125 Å². The van der Waals surface area contributed by atoms with Gasteiger partial charge in [0.05, 0.1) is 44.8 Å². The first-order valence-corrected chi connectivity index (χ1v) is 31.2. The van der Waals surface area contributed by atoms with E-state index in [1.807, 2.05) is 147 Å². The van der Waals surface area contributed by atoms with Crippen molar-refractivity contribution in [2.75, 3.05) is 96.5 Å². The quantitative estimate of drug-likeness (QED) is 0.103.